The molecule has 0 unspecified atom stereocenters. The summed E-state index contributed by atoms with van der Waals surface area (Å²) in [6.07, 6.45) is 2.31. The van der Waals surface area contributed by atoms with Gasteiger partial charge in [0.05, 0.1) is 29.0 Å². The van der Waals surface area contributed by atoms with Gasteiger partial charge in [-0.3, -0.25) is 4.98 Å². The van der Waals surface area contributed by atoms with Crippen molar-refractivity contribution < 1.29 is 9.84 Å². The molecule has 0 saturated carbocycles. The Morgan fingerprint density at radius 1 is 1.37 bits per heavy atom. The SMILES string of the molecule is C[C@@H](O)c1ccc(C#N)cc1Oc1cncc(Cl)c1. The van der Waals surface area contributed by atoms with Crippen LogP contribution < -0.4 is 4.74 Å². The minimum absolute atomic E-state index is 0.415. The largest absolute Gasteiger partial charge is 0.455 e. The first-order valence-electron chi connectivity index (χ1n) is 5.60. The van der Waals surface area contributed by atoms with Gasteiger partial charge in [0.2, 0.25) is 0 Å². The van der Waals surface area contributed by atoms with E-state index in [4.69, 9.17) is 21.6 Å². The molecule has 0 saturated heterocycles. The lowest BCUT2D eigenvalue weighted by Crippen LogP contribution is -1.97. The summed E-state index contributed by atoms with van der Waals surface area (Å²) in [6, 6.07) is 8.50. The molecular formula is C14H11ClN2O2. The van der Waals surface area contributed by atoms with E-state index in [1.165, 1.54) is 12.4 Å². The smallest absolute Gasteiger partial charge is 0.147 e. The summed E-state index contributed by atoms with van der Waals surface area (Å²) >= 11 is 5.83. The fourth-order valence-corrected chi connectivity index (χ4v) is 1.78. The van der Waals surface area contributed by atoms with E-state index in [1.54, 1.807) is 31.2 Å². The Labute approximate surface area is 115 Å². The van der Waals surface area contributed by atoms with Gasteiger partial charge in [-0.15, -0.1) is 0 Å². The first-order chi connectivity index (χ1) is 9.10. The van der Waals surface area contributed by atoms with Gasteiger partial charge in [-0.05, 0) is 19.1 Å². The summed E-state index contributed by atoms with van der Waals surface area (Å²) in [5.74, 6) is 0.864. The Morgan fingerprint density at radius 2 is 2.16 bits per heavy atom. The predicted molar refractivity (Wildman–Crippen MR) is 71.1 cm³/mol. The number of aromatic nitrogens is 1. The minimum atomic E-state index is -0.699. The molecule has 0 radical (unpaired) electrons. The molecule has 1 aromatic heterocycles. The van der Waals surface area contributed by atoms with Gasteiger partial charge in [0, 0.05) is 17.8 Å². The van der Waals surface area contributed by atoms with Gasteiger partial charge in [-0.1, -0.05) is 17.7 Å². The van der Waals surface area contributed by atoms with E-state index in [1.807, 2.05) is 6.07 Å². The summed E-state index contributed by atoms with van der Waals surface area (Å²) in [7, 11) is 0. The fourth-order valence-electron chi connectivity index (χ4n) is 1.61. The number of nitrogens with zero attached hydrogens (tertiary/aromatic N) is 2. The maximum absolute atomic E-state index is 9.70. The third-order valence-electron chi connectivity index (χ3n) is 2.50. The number of aliphatic hydroxyl groups is 1. The number of nitriles is 1. The van der Waals surface area contributed by atoms with Crippen molar-refractivity contribution in [3.63, 3.8) is 0 Å². The van der Waals surface area contributed by atoms with Crippen LogP contribution in [0.15, 0.2) is 36.7 Å². The fraction of sp³-hybridized carbons (Fsp3) is 0.143. The van der Waals surface area contributed by atoms with Crippen molar-refractivity contribution in [3.8, 4) is 17.6 Å². The summed E-state index contributed by atoms with van der Waals surface area (Å²) in [6.45, 7) is 1.63. The molecule has 0 aliphatic carbocycles. The Bertz CT molecular complexity index is 636. The summed E-state index contributed by atoms with van der Waals surface area (Å²) in [5, 5.41) is 19.0. The van der Waals surface area contributed by atoms with Gasteiger partial charge in [-0.2, -0.15) is 5.26 Å². The van der Waals surface area contributed by atoms with Crippen molar-refractivity contribution in [2.75, 3.05) is 0 Å². The minimum Gasteiger partial charge on any atom is -0.455 e. The van der Waals surface area contributed by atoms with Crippen LogP contribution in [0.4, 0.5) is 0 Å². The molecule has 0 spiro atoms. The van der Waals surface area contributed by atoms with E-state index in [0.29, 0.717) is 27.6 Å². The van der Waals surface area contributed by atoms with Gasteiger partial charge in [-0.25, -0.2) is 0 Å². The number of ether oxygens (including phenoxy) is 1. The second-order valence-corrected chi connectivity index (χ2v) is 4.42. The molecule has 96 valence electrons. The van der Waals surface area contributed by atoms with Gasteiger partial charge in [0.15, 0.2) is 0 Å². The topological polar surface area (TPSA) is 66.1 Å². The van der Waals surface area contributed by atoms with Crippen LogP contribution >= 0.6 is 11.6 Å². The molecule has 0 aliphatic heterocycles. The lowest BCUT2D eigenvalue weighted by Gasteiger charge is -2.13. The molecule has 1 heterocycles. The van der Waals surface area contributed by atoms with E-state index < -0.39 is 6.10 Å². The van der Waals surface area contributed by atoms with E-state index >= 15 is 0 Å². The van der Waals surface area contributed by atoms with Crippen molar-refractivity contribution in [2.45, 2.75) is 13.0 Å². The number of benzene rings is 1. The molecule has 4 nitrogen and oxygen atoms in total. The molecule has 5 heteroatoms. The number of halogens is 1. The second kappa shape index (κ2) is 5.70. The van der Waals surface area contributed by atoms with Crippen LogP contribution in [0.25, 0.3) is 0 Å². The van der Waals surface area contributed by atoms with Crippen LogP contribution in [0.3, 0.4) is 0 Å². The standard InChI is InChI=1S/C14H11ClN2O2/c1-9(18)13-3-2-10(6-16)4-14(13)19-12-5-11(15)7-17-8-12/h2-5,7-9,18H,1H3/t9-/m1/s1. The third kappa shape index (κ3) is 3.22. The number of aliphatic hydroxyl groups excluding tert-OH is 1. The lowest BCUT2D eigenvalue weighted by atomic mass is 10.1. The molecular weight excluding hydrogens is 264 g/mol. The maximum Gasteiger partial charge on any atom is 0.147 e. The average Bonchev–Trinajstić information content (AvgIpc) is 2.38. The zero-order valence-electron chi connectivity index (χ0n) is 10.2. The molecule has 0 aliphatic rings. The van der Waals surface area contributed by atoms with E-state index in [9.17, 15) is 5.11 Å². The highest BCUT2D eigenvalue weighted by Gasteiger charge is 2.11. The average molecular weight is 275 g/mol. The van der Waals surface area contributed by atoms with Crippen LogP contribution in [-0.4, -0.2) is 10.1 Å². The zero-order valence-corrected chi connectivity index (χ0v) is 10.9. The lowest BCUT2D eigenvalue weighted by molar-refractivity contribution is 0.195. The van der Waals surface area contributed by atoms with Gasteiger partial charge < -0.3 is 9.84 Å². The molecule has 0 fully saturated rings. The van der Waals surface area contributed by atoms with Crippen LogP contribution in [-0.2, 0) is 0 Å². The normalized spacial score (nSPS) is 11.7. The molecule has 1 N–H and O–H groups in total. The Balaban J connectivity index is 2.40. The zero-order chi connectivity index (χ0) is 13.8. The van der Waals surface area contributed by atoms with Crippen LogP contribution in [0.5, 0.6) is 11.5 Å². The van der Waals surface area contributed by atoms with Crippen molar-refractivity contribution >= 4 is 11.6 Å². The molecule has 2 aromatic rings. The summed E-state index contributed by atoms with van der Waals surface area (Å²) < 4.78 is 5.64. The summed E-state index contributed by atoms with van der Waals surface area (Å²) in [4.78, 5) is 3.91. The van der Waals surface area contributed by atoms with E-state index in [-0.39, 0.29) is 0 Å². The number of hydrogen-bond acceptors (Lipinski definition) is 4. The molecule has 0 bridgehead atoms. The first kappa shape index (κ1) is 13.3. The quantitative estimate of drug-likeness (QED) is 0.931. The molecule has 1 aromatic carbocycles. The first-order valence-corrected chi connectivity index (χ1v) is 5.98. The highest BCUT2D eigenvalue weighted by atomic mass is 35.5. The highest BCUT2D eigenvalue weighted by Crippen LogP contribution is 2.31. The summed E-state index contributed by atoms with van der Waals surface area (Å²) in [5.41, 5.74) is 1.05. The number of pyridine rings is 1. The highest BCUT2D eigenvalue weighted by molar-refractivity contribution is 6.30. The van der Waals surface area contributed by atoms with Gasteiger partial charge in [0.25, 0.3) is 0 Å². The van der Waals surface area contributed by atoms with Crippen LogP contribution in [0.1, 0.15) is 24.2 Å². The number of hydrogen-bond donors (Lipinski definition) is 1. The second-order valence-electron chi connectivity index (χ2n) is 3.98. The van der Waals surface area contributed by atoms with E-state index in [0.717, 1.165) is 0 Å². The maximum atomic E-state index is 9.70. The van der Waals surface area contributed by atoms with Crippen LogP contribution in [0, 0.1) is 11.3 Å². The van der Waals surface area contributed by atoms with Crippen molar-refractivity contribution in [3.05, 3.63) is 52.8 Å². The Hall–Kier alpha value is -2.09. The number of rotatable bonds is 3. The van der Waals surface area contributed by atoms with Gasteiger partial charge >= 0.3 is 0 Å². The molecule has 0 amide bonds. The molecule has 1 atom stereocenters. The van der Waals surface area contributed by atoms with Crippen molar-refractivity contribution in [2.24, 2.45) is 0 Å². The van der Waals surface area contributed by atoms with Crippen molar-refractivity contribution in [1.82, 2.24) is 4.98 Å². The molecule has 19 heavy (non-hydrogen) atoms. The van der Waals surface area contributed by atoms with Crippen molar-refractivity contribution in [1.29, 1.82) is 5.26 Å². The third-order valence-corrected chi connectivity index (χ3v) is 2.71. The Morgan fingerprint density at radius 3 is 2.79 bits per heavy atom. The Kier molecular flexibility index (Phi) is 4.00. The van der Waals surface area contributed by atoms with Crippen LogP contribution in [0.2, 0.25) is 5.02 Å². The predicted octanol–water partition coefficient (Wildman–Crippen LogP) is 3.45. The monoisotopic (exact) mass is 274 g/mol. The van der Waals surface area contributed by atoms with E-state index in [2.05, 4.69) is 4.98 Å². The molecule has 2 rings (SSSR count). The van der Waals surface area contributed by atoms with Gasteiger partial charge in [0.1, 0.15) is 11.5 Å².